The second-order valence-corrected chi connectivity index (χ2v) is 4.23. The number of halogens is 1. The summed E-state index contributed by atoms with van der Waals surface area (Å²) in [6, 6.07) is 0. The van der Waals surface area contributed by atoms with Crippen molar-refractivity contribution in [2.24, 2.45) is 10.7 Å². The summed E-state index contributed by atoms with van der Waals surface area (Å²) < 4.78 is 0. The molecule has 1 heterocycles. The van der Waals surface area contributed by atoms with Gasteiger partial charge in [0.2, 0.25) is 0 Å². The first-order valence-electron chi connectivity index (χ1n) is 4.67. The Morgan fingerprint density at radius 3 is 2.93 bits per heavy atom. The van der Waals surface area contributed by atoms with Crippen LogP contribution >= 0.6 is 35.3 Å². The van der Waals surface area contributed by atoms with Gasteiger partial charge in [-0.05, 0) is 13.8 Å². The number of hydrogen-bond acceptors (Lipinski definition) is 3. The van der Waals surface area contributed by atoms with Gasteiger partial charge in [-0.15, -0.1) is 35.3 Å². The molecule has 4 nitrogen and oxygen atoms in total. The molecule has 0 bridgehead atoms. The van der Waals surface area contributed by atoms with Crippen LogP contribution in [-0.4, -0.2) is 24.0 Å². The lowest BCUT2D eigenvalue weighted by Gasteiger charge is -2.00. The zero-order chi connectivity index (χ0) is 10.4. The second kappa shape index (κ2) is 7.86. The van der Waals surface area contributed by atoms with Crippen LogP contribution < -0.4 is 11.1 Å². The largest absolute Gasteiger partial charge is 0.370 e. The van der Waals surface area contributed by atoms with Crippen molar-refractivity contribution in [1.82, 2.24) is 10.3 Å². The van der Waals surface area contributed by atoms with Crippen molar-refractivity contribution < 1.29 is 0 Å². The maximum Gasteiger partial charge on any atom is 0.188 e. The Hall–Kier alpha value is -0.370. The average molecular weight is 340 g/mol. The van der Waals surface area contributed by atoms with Crippen molar-refractivity contribution in [1.29, 1.82) is 0 Å². The molecule has 0 spiro atoms. The summed E-state index contributed by atoms with van der Waals surface area (Å²) in [5, 5.41) is 4.07. The number of aliphatic imine (C=N–C) groups is 1. The smallest absolute Gasteiger partial charge is 0.188 e. The van der Waals surface area contributed by atoms with E-state index in [-0.39, 0.29) is 24.0 Å². The Morgan fingerprint density at radius 2 is 2.40 bits per heavy atom. The highest BCUT2D eigenvalue weighted by molar-refractivity contribution is 14.0. The van der Waals surface area contributed by atoms with E-state index in [1.807, 2.05) is 13.1 Å². The third kappa shape index (κ3) is 5.93. The van der Waals surface area contributed by atoms with E-state index >= 15 is 0 Å². The van der Waals surface area contributed by atoms with Crippen molar-refractivity contribution in [2.45, 2.75) is 20.3 Å². The highest BCUT2D eigenvalue weighted by Gasteiger charge is 1.97. The third-order valence-corrected chi connectivity index (χ3v) is 2.61. The molecule has 1 aromatic rings. The standard InChI is InChI=1S/C9H16N4S.HI/c1-3-11-9(10)12-5-4-8-13-6-7(2)14-8;/h6H,3-5H2,1-2H3,(H3,10,11,12);1H. The molecule has 0 radical (unpaired) electrons. The molecule has 6 heteroatoms. The number of hydrogen-bond donors (Lipinski definition) is 2. The van der Waals surface area contributed by atoms with Gasteiger partial charge in [0.15, 0.2) is 5.96 Å². The SMILES string of the molecule is CCNC(N)=NCCc1ncc(C)s1.I. The topological polar surface area (TPSA) is 63.3 Å². The molecule has 0 saturated heterocycles. The van der Waals surface area contributed by atoms with Gasteiger partial charge in [0.05, 0.1) is 5.01 Å². The fourth-order valence-electron chi connectivity index (χ4n) is 1.03. The predicted octanol–water partition coefficient (Wildman–Crippen LogP) is 1.54. The minimum Gasteiger partial charge on any atom is -0.370 e. The van der Waals surface area contributed by atoms with Gasteiger partial charge in [0.25, 0.3) is 0 Å². The summed E-state index contributed by atoms with van der Waals surface area (Å²) in [5.41, 5.74) is 5.58. The first kappa shape index (κ1) is 14.6. The zero-order valence-corrected chi connectivity index (χ0v) is 12.1. The van der Waals surface area contributed by atoms with E-state index in [9.17, 15) is 0 Å². The van der Waals surface area contributed by atoms with E-state index in [4.69, 9.17) is 5.73 Å². The first-order chi connectivity index (χ1) is 6.72. The van der Waals surface area contributed by atoms with Gasteiger partial charge < -0.3 is 11.1 Å². The third-order valence-electron chi connectivity index (χ3n) is 1.63. The van der Waals surface area contributed by atoms with Gasteiger partial charge >= 0.3 is 0 Å². The minimum absolute atomic E-state index is 0. The maximum absolute atomic E-state index is 5.58. The van der Waals surface area contributed by atoms with Gasteiger partial charge in [-0.25, -0.2) is 4.98 Å². The van der Waals surface area contributed by atoms with E-state index in [1.165, 1.54) is 4.88 Å². The Labute approximate surface area is 111 Å². The summed E-state index contributed by atoms with van der Waals surface area (Å²) in [7, 11) is 0. The fourth-order valence-corrected chi connectivity index (χ4v) is 1.80. The lowest BCUT2D eigenvalue weighted by Crippen LogP contribution is -2.31. The number of aromatic nitrogens is 1. The highest BCUT2D eigenvalue weighted by Crippen LogP contribution is 2.11. The minimum atomic E-state index is 0. The average Bonchev–Trinajstić information content (AvgIpc) is 2.52. The Morgan fingerprint density at radius 1 is 1.67 bits per heavy atom. The van der Waals surface area contributed by atoms with Crippen LogP contribution in [0.5, 0.6) is 0 Å². The van der Waals surface area contributed by atoms with Crippen molar-refractivity contribution >= 4 is 41.3 Å². The van der Waals surface area contributed by atoms with Crippen molar-refractivity contribution in [3.05, 3.63) is 16.1 Å². The first-order valence-corrected chi connectivity index (χ1v) is 5.49. The quantitative estimate of drug-likeness (QED) is 0.496. The molecule has 1 rings (SSSR count). The monoisotopic (exact) mass is 340 g/mol. The summed E-state index contributed by atoms with van der Waals surface area (Å²) in [4.78, 5) is 9.65. The van der Waals surface area contributed by atoms with Gasteiger partial charge in [0.1, 0.15) is 0 Å². The van der Waals surface area contributed by atoms with Gasteiger partial charge in [-0.3, -0.25) is 4.99 Å². The number of thiazole rings is 1. The molecular formula is C9H17IN4S. The van der Waals surface area contributed by atoms with Crippen LogP contribution in [-0.2, 0) is 6.42 Å². The highest BCUT2D eigenvalue weighted by atomic mass is 127. The van der Waals surface area contributed by atoms with Crippen LogP contribution in [0, 0.1) is 6.92 Å². The molecule has 0 aliphatic carbocycles. The number of nitrogens with two attached hydrogens (primary N) is 1. The molecule has 0 aliphatic heterocycles. The lowest BCUT2D eigenvalue weighted by molar-refractivity contribution is 0.900. The molecule has 0 atom stereocenters. The number of guanidine groups is 1. The normalized spacial score (nSPS) is 10.9. The van der Waals surface area contributed by atoms with Crippen LogP contribution in [0.3, 0.4) is 0 Å². The molecule has 86 valence electrons. The molecular weight excluding hydrogens is 323 g/mol. The number of aryl methyl sites for hydroxylation is 1. The molecule has 0 aromatic carbocycles. The predicted molar refractivity (Wildman–Crippen MR) is 76.1 cm³/mol. The number of nitrogens with one attached hydrogen (secondary N) is 1. The van der Waals surface area contributed by atoms with E-state index in [2.05, 4.69) is 22.2 Å². The summed E-state index contributed by atoms with van der Waals surface area (Å²) in [6.45, 7) is 5.56. The maximum atomic E-state index is 5.58. The van der Waals surface area contributed by atoms with Crippen LogP contribution in [0.25, 0.3) is 0 Å². The van der Waals surface area contributed by atoms with Gasteiger partial charge in [0, 0.05) is 30.6 Å². The Kier molecular flexibility index (Phi) is 7.67. The van der Waals surface area contributed by atoms with Crippen LogP contribution in [0.1, 0.15) is 16.8 Å². The van der Waals surface area contributed by atoms with E-state index in [0.717, 1.165) is 18.0 Å². The molecule has 0 aliphatic rings. The van der Waals surface area contributed by atoms with E-state index < -0.39 is 0 Å². The van der Waals surface area contributed by atoms with E-state index in [0.29, 0.717) is 12.5 Å². The number of rotatable bonds is 4. The molecule has 0 fully saturated rings. The van der Waals surface area contributed by atoms with Crippen LogP contribution in [0.2, 0.25) is 0 Å². The second-order valence-electron chi connectivity index (χ2n) is 2.91. The molecule has 15 heavy (non-hydrogen) atoms. The number of nitrogens with zero attached hydrogens (tertiary/aromatic N) is 2. The van der Waals surface area contributed by atoms with Crippen LogP contribution in [0.15, 0.2) is 11.2 Å². The molecule has 3 N–H and O–H groups in total. The fraction of sp³-hybridized carbons (Fsp3) is 0.556. The Balaban J connectivity index is 0.00000196. The van der Waals surface area contributed by atoms with E-state index in [1.54, 1.807) is 11.3 Å². The van der Waals surface area contributed by atoms with Crippen molar-refractivity contribution in [2.75, 3.05) is 13.1 Å². The summed E-state index contributed by atoms with van der Waals surface area (Å²) in [6.07, 6.45) is 2.75. The summed E-state index contributed by atoms with van der Waals surface area (Å²) in [5.74, 6) is 0.515. The molecule has 0 amide bonds. The summed E-state index contributed by atoms with van der Waals surface area (Å²) >= 11 is 1.71. The van der Waals surface area contributed by atoms with Crippen molar-refractivity contribution in [3.8, 4) is 0 Å². The van der Waals surface area contributed by atoms with Crippen molar-refractivity contribution in [3.63, 3.8) is 0 Å². The Bertz CT molecular complexity index is 311. The molecule has 0 saturated carbocycles. The zero-order valence-electron chi connectivity index (χ0n) is 8.99. The van der Waals surface area contributed by atoms with Gasteiger partial charge in [-0.2, -0.15) is 0 Å². The van der Waals surface area contributed by atoms with Gasteiger partial charge in [-0.1, -0.05) is 0 Å². The van der Waals surface area contributed by atoms with Crippen LogP contribution in [0.4, 0.5) is 0 Å². The lowest BCUT2D eigenvalue weighted by atomic mass is 10.4. The molecule has 0 unspecified atom stereocenters. The molecule has 1 aromatic heterocycles.